The molecule has 2 heterocycles. The molecule has 0 radical (unpaired) electrons. The third kappa shape index (κ3) is 2.42. The first-order chi connectivity index (χ1) is 7.59. The van der Waals surface area contributed by atoms with Crippen LogP contribution in [0.4, 0.5) is 0 Å². The van der Waals surface area contributed by atoms with E-state index >= 15 is 0 Å². The number of aromatic amines is 1. The van der Waals surface area contributed by atoms with Crippen LogP contribution in [0.3, 0.4) is 0 Å². The number of rotatable bonds is 3. The minimum atomic E-state index is -3.43. The van der Waals surface area contributed by atoms with Crippen LogP contribution in [0, 0.1) is 0 Å². The van der Waals surface area contributed by atoms with E-state index in [-0.39, 0.29) is 17.0 Å². The van der Waals surface area contributed by atoms with Crippen LogP contribution in [0.25, 0.3) is 0 Å². The normalized spacial score (nSPS) is 26.8. The molecule has 2 rings (SSSR count). The van der Waals surface area contributed by atoms with Crippen molar-refractivity contribution in [2.45, 2.75) is 36.7 Å². The van der Waals surface area contributed by atoms with Gasteiger partial charge < -0.3 is 5.32 Å². The summed E-state index contributed by atoms with van der Waals surface area (Å²) in [5.74, 6) is 0. The first-order valence-electron chi connectivity index (χ1n) is 5.34. The number of piperidine rings is 1. The SMILES string of the molecule is CC1NCCCC1NS(=O)(=O)c1cn[nH]c1. The van der Waals surface area contributed by atoms with Crippen LogP contribution in [0.15, 0.2) is 17.3 Å². The number of sulfonamides is 1. The molecule has 1 saturated heterocycles. The molecule has 7 heteroatoms. The summed E-state index contributed by atoms with van der Waals surface area (Å²) in [5.41, 5.74) is 0. The van der Waals surface area contributed by atoms with Gasteiger partial charge in [-0.05, 0) is 26.3 Å². The lowest BCUT2D eigenvalue weighted by Crippen LogP contribution is -2.51. The molecule has 1 fully saturated rings. The molecule has 0 bridgehead atoms. The van der Waals surface area contributed by atoms with Crippen molar-refractivity contribution in [2.75, 3.05) is 6.54 Å². The minimum Gasteiger partial charge on any atom is -0.313 e. The smallest absolute Gasteiger partial charge is 0.243 e. The maximum absolute atomic E-state index is 11.9. The molecule has 1 aromatic rings. The summed E-state index contributed by atoms with van der Waals surface area (Å²) in [6.45, 7) is 2.94. The number of aromatic nitrogens is 2. The maximum atomic E-state index is 11.9. The Kier molecular flexibility index (Phi) is 3.27. The van der Waals surface area contributed by atoms with Gasteiger partial charge in [0.2, 0.25) is 10.0 Å². The number of nitrogens with zero attached hydrogens (tertiary/aromatic N) is 1. The lowest BCUT2D eigenvalue weighted by Gasteiger charge is -2.30. The highest BCUT2D eigenvalue weighted by Gasteiger charge is 2.26. The quantitative estimate of drug-likeness (QED) is 0.689. The van der Waals surface area contributed by atoms with Gasteiger partial charge in [-0.2, -0.15) is 5.10 Å². The van der Waals surface area contributed by atoms with E-state index in [2.05, 4.69) is 20.2 Å². The minimum absolute atomic E-state index is 0.0475. The molecule has 1 aliphatic rings. The van der Waals surface area contributed by atoms with Crippen LogP contribution in [-0.4, -0.2) is 37.2 Å². The molecule has 0 aromatic carbocycles. The fourth-order valence-corrected chi connectivity index (χ4v) is 3.11. The molecule has 16 heavy (non-hydrogen) atoms. The Bertz CT molecular complexity index is 428. The van der Waals surface area contributed by atoms with Crippen molar-refractivity contribution in [3.8, 4) is 0 Å². The number of hydrogen-bond donors (Lipinski definition) is 3. The summed E-state index contributed by atoms with van der Waals surface area (Å²) in [6.07, 6.45) is 4.54. The highest BCUT2D eigenvalue weighted by atomic mass is 32.2. The molecule has 6 nitrogen and oxygen atoms in total. The summed E-state index contributed by atoms with van der Waals surface area (Å²) >= 11 is 0. The second kappa shape index (κ2) is 4.52. The topological polar surface area (TPSA) is 86.9 Å². The lowest BCUT2D eigenvalue weighted by molar-refractivity contribution is 0.349. The van der Waals surface area contributed by atoms with Crippen molar-refractivity contribution in [1.29, 1.82) is 0 Å². The Hall–Kier alpha value is -0.920. The van der Waals surface area contributed by atoms with E-state index in [0.717, 1.165) is 19.4 Å². The molecule has 0 spiro atoms. The van der Waals surface area contributed by atoms with Crippen molar-refractivity contribution in [2.24, 2.45) is 0 Å². The molecule has 3 N–H and O–H groups in total. The maximum Gasteiger partial charge on any atom is 0.243 e. The van der Waals surface area contributed by atoms with Crippen LogP contribution in [0.2, 0.25) is 0 Å². The first kappa shape index (κ1) is 11.6. The van der Waals surface area contributed by atoms with Crippen LogP contribution in [-0.2, 0) is 10.0 Å². The van der Waals surface area contributed by atoms with E-state index in [1.165, 1.54) is 12.4 Å². The summed E-state index contributed by atoms with van der Waals surface area (Å²) in [5, 5.41) is 9.39. The molecule has 2 unspecified atom stereocenters. The molecular weight excluding hydrogens is 228 g/mol. The Morgan fingerprint density at radius 2 is 2.38 bits per heavy atom. The van der Waals surface area contributed by atoms with Gasteiger partial charge in [0.25, 0.3) is 0 Å². The predicted octanol–water partition coefficient (Wildman–Crippen LogP) is -0.171. The van der Waals surface area contributed by atoms with Gasteiger partial charge in [-0.3, -0.25) is 5.10 Å². The van der Waals surface area contributed by atoms with Gasteiger partial charge in [0.15, 0.2) is 0 Å². The Balaban J connectivity index is 2.09. The molecule has 0 aliphatic carbocycles. The third-order valence-corrected chi connectivity index (χ3v) is 4.31. The molecule has 0 saturated carbocycles. The second-order valence-corrected chi connectivity index (χ2v) is 5.76. The molecule has 0 amide bonds. The largest absolute Gasteiger partial charge is 0.313 e. The van der Waals surface area contributed by atoms with E-state index < -0.39 is 10.0 Å². The Morgan fingerprint density at radius 3 is 3.00 bits per heavy atom. The summed E-state index contributed by atoms with van der Waals surface area (Å²) in [7, 11) is -3.43. The van der Waals surface area contributed by atoms with E-state index in [9.17, 15) is 8.42 Å². The van der Waals surface area contributed by atoms with Crippen molar-refractivity contribution < 1.29 is 8.42 Å². The fraction of sp³-hybridized carbons (Fsp3) is 0.667. The molecule has 1 aliphatic heterocycles. The van der Waals surface area contributed by atoms with E-state index in [4.69, 9.17) is 0 Å². The lowest BCUT2D eigenvalue weighted by atomic mass is 10.0. The van der Waals surface area contributed by atoms with Gasteiger partial charge >= 0.3 is 0 Å². The van der Waals surface area contributed by atoms with Crippen molar-refractivity contribution in [3.63, 3.8) is 0 Å². The summed E-state index contributed by atoms with van der Waals surface area (Å²) in [4.78, 5) is 0.185. The van der Waals surface area contributed by atoms with E-state index in [1.54, 1.807) is 0 Å². The molecule has 90 valence electrons. The summed E-state index contributed by atoms with van der Waals surface area (Å²) < 4.78 is 26.5. The van der Waals surface area contributed by atoms with Crippen molar-refractivity contribution >= 4 is 10.0 Å². The Labute approximate surface area is 94.9 Å². The van der Waals surface area contributed by atoms with Crippen LogP contribution in [0.1, 0.15) is 19.8 Å². The standard InChI is InChI=1S/C9H16N4O2S/c1-7-9(3-2-4-10-7)13-16(14,15)8-5-11-12-6-8/h5-7,9-10,13H,2-4H2,1H3,(H,11,12). The van der Waals surface area contributed by atoms with Gasteiger partial charge in [0, 0.05) is 18.3 Å². The average Bonchev–Trinajstić information content (AvgIpc) is 2.75. The predicted molar refractivity (Wildman–Crippen MR) is 59.4 cm³/mol. The third-order valence-electron chi connectivity index (χ3n) is 2.85. The molecule has 2 atom stereocenters. The number of hydrogen-bond acceptors (Lipinski definition) is 4. The summed E-state index contributed by atoms with van der Waals surface area (Å²) in [6, 6.07) is 0.115. The highest BCUT2D eigenvalue weighted by Crippen LogP contribution is 2.12. The second-order valence-electron chi connectivity index (χ2n) is 4.05. The molecule has 1 aromatic heterocycles. The van der Waals surface area contributed by atoms with Crippen LogP contribution >= 0.6 is 0 Å². The zero-order chi connectivity index (χ0) is 11.6. The Morgan fingerprint density at radius 1 is 1.56 bits per heavy atom. The zero-order valence-corrected chi connectivity index (χ0v) is 9.92. The van der Waals surface area contributed by atoms with Crippen LogP contribution in [0.5, 0.6) is 0 Å². The highest BCUT2D eigenvalue weighted by molar-refractivity contribution is 7.89. The fourth-order valence-electron chi connectivity index (χ4n) is 1.86. The number of nitrogens with one attached hydrogen (secondary N) is 3. The van der Waals surface area contributed by atoms with Gasteiger partial charge in [-0.15, -0.1) is 0 Å². The average molecular weight is 244 g/mol. The zero-order valence-electron chi connectivity index (χ0n) is 9.10. The van der Waals surface area contributed by atoms with Crippen molar-refractivity contribution in [3.05, 3.63) is 12.4 Å². The van der Waals surface area contributed by atoms with Crippen LogP contribution < -0.4 is 10.0 Å². The number of H-pyrrole nitrogens is 1. The van der Waals surface area contributed by atoms with E-state index in [1.807, 2.05) is 6.92 Å². The van der Waals surface area contributed by atoms with Crippen molar-refractivity contribution in [1.82, 2.24) is 20.2 Å². The van der Waals surface area contributed by atoms with Gasteiger partial charge in [-0.25, -0.2) is 13.1 Å². The monoisotopic (exact) mass is 244 g/mol. The van der Waals surface area contributed by atoms with Gasteiger partial charge in [0.1, 0.15) is 4.90 Å². The van der Waals surface area contributed by atoms with Gasteiger partial charge in [0.05, 0.1) is 6.20 Å². The van der Waals surface area contributed by atoms with E-state index in [0.29, 0.717) is 0 Å². The first-order valence-corrected chi connectivity index (χ1v) is 6.82. The molecular formula is C9H16N4O2S. The van der Waals surface area contributed by atoms with Gasteiger partial charge in [-0.1, -0.05) is 0 Å².